The first-order chi connectivity index (χ1) is 10.4. The first-order valence-corrected chi connectivity index (χ1v) is 7.41. The Hall–Kier alpha value is -1.67. The molecule has 8 heteroatoms. The van der Waals surface area contributed by atoms with Gasteiger partial charge in [0.05, 0.1) is 24.7 Å². The van der Waals surface area contributed by atoms with Crippen LogP contribution >= 0.6 is 0 Å². The first kappa shape index (κ1) is 21.3. The normalized spacial score (nSPS) is 15.3. The molecule has 0 radical (unpaired) electrons. The van der Waals surface area contributed by atoms with E-state index >= 15 is 0 Å². The summed E-state index contributed by atoms with van der Waals surface area (Å²) in [4.78, 5) is 35.6. The molecular weight excluding hydrogens is 308 g/mol. The summed E-state index contributed by atoms with van der Waals surface area (Å²) in [6.07, 6.45) is -4.91. The Balaban J connectivity index is 5.39. The van der Waals surface area contributed by atoms with Crippen LogP contribution in [-0.2, 0) is 28.6 Å². The molecule has 23 heavy (non-hydrogen) atoms. The topological polar surface area (TPSA) is 119 Å². The summed E-state index contributed by atoms with van der Waals surface area (Å²) in [5.41, 5.74) is -2.79. The second-order valence-electron chi connectivity index (χ2n) is 5.98. The molecule has 2 atom stereocenters. The minimum Gasteiger partial charge on any atom is -0.463 e. The lowest BCUT2D eigenvalue weighted by atomic mass is 9.92. The lowest BCUT2D eigenvalue weighted by Crippen LogP contribution is -2.56. The van der Waals surface area contributed by atoms with Crippen LogP contribution in [0.25, 0.3) is 0 Å². The molecule has 2 N–H and O–H groups in total. The van der Waals surface area contributed by atoms with Crippen molar-refractivity contribution in [1.29, 1.82) is 0 Å². The van der Waals surface area contributed by atoms with Gasteiger partial charge in [-0.3, -0.25) is 4.79 Å². The molecule has 0 aliphatic heterocycles. The summed E-state index contributed by atoms with van der Waals surface area (Å²) >= 11 is 0. The predicted molar refractivity (Wildman–Crippen MR) is 79.3 cm³/mol. The van der Waals surface area contributed by atoms with Gasteiger partial charge in [-0.2, -0.15) is 0 Å². The first-order valence-electron chi connectivity index (χ1n) is 7.41. The molecule has 0 heterocycles. The number of hydrogen-bond donors (Lipinski definition) is 2. The van der Waals surface area contributed by atoms with Crippen LogP contribution in [0.1, 0.15) is 48.0 Å². The van der Waals surface area contributed by atoms with Crippen molar-refractivity contribution in [2.24, 2.45) is 0 Å². The van der Waals surface area contributed by atoms with E-state index in [-0.39, 0.29) is 0 Å². The number of carbonyl (C=O) groups excluding carboxylic acids is 3. The maximum Gasteiger partial charge on any atom is 0.342 e. The standard InChI is InChI=1S/C15H26O8/c1-8(2)21-11(16)7-15(20,14(19)23-10(5)6)12(17)13(18)22-9(3)4/h8-10,12,17,20H,7H2,1-6H3/t12-,15+/m0/s1. The molecule has 0 fully saturated rings. The van der Waals surface area contributed by atoms with Gasteiger partial charge in [-0.15, -0.1) is 0 Å². The fourth-order valence-electron chi connectivity index (χ4n) is 1.61. The van der Waals surface area contributed by atoms with Crippen molar-refractivity contribution in [2.45, 2.75) is 78.0 Å². The maximum absolute atomic E-state index is 12.1. The third kappa shape index (κ3) is 6.96. The van der Waals surface area contributed by atoms with Crippen LogP contribution in [0.5, 0.6) is 0 Å². The number of hydrogen-bond acceptors (Lipinski definition) is 8. The summed E-state index contributed by atoms with van der Waals surface area (Å²) < 4.78 is 14.4. The number of carbonyl (C=O) groups is 3. The van der Waals surface area contributed by atoms with Gasteiger partial charge in [0.1, 0.15) is 0 Å². The van der Waals surface area contributed by atoms with Crippen molar-refractivity contribution in [3.8, 4) is 0 Å². The number of aliphatic hydroxyl groups excluding tert-OH is 1. The molecule has 0 spiro atoms. The van der Waals surface area contributed by atoms with E-state index in [1.54, 1.807) is 13.8 Å². The molecule has 0 aromatic carbocycles. The molecule has 0 aromatic heterocycles. The van der Waals surface area contributed by atoms with Gasteiger partial charge >= 0.3 is 17.9 Å². The molecule has 0 aliphatic rings. The van der Waals surface area contributed by atoms with Crippen molar-refractivity contribution < 1.29 is 38.8 Å². The Bertz CT molecular complexity index is 429. The monoisotopic (exact) mass is 334 g/mol. The number of aliphatic hydroxyl groups is 2. The zero-order valence-corrected chi connectivity index (χ0v) is 14.4. The van der Waals surface area contributed by atoms with Crippen LogP contribution in [0.4, 0.5) is 0 Å². The summed E-state index contributed by atoms with van der Waals surface area (Å²) in [7, 11) is 0. The van der Waals surface area contributed by atoms with E-state index in [0.29, 0.717) is 0 Å². The van der Waals surface area contributed by atoms with E-state index in [9.17, 15) is 24.6 Å². The van der Waals surface area contributed by atoms with Crippen LogP contribution in [0.3, 0.4) is 0 Å². The van der Waals surface area contributed by atoms with E-state index in [2.05, 4.69) is 0 Å². The third-order valence-electron chi connectivity index (χ3n) is 2.50. The molecule has 0 amide bonds. The van der Waals surface area contributed by atoms with E-state index in [1.807, 2.05) is 0 Å². The fourth-order valence-corrected chi connectivity index (χ4v) is 1.61. The molecule has 8 nitrogen and oxygen atoms in total. The zero-order valence-electron chi connectivity index (χ0n) is 14.4. The Morgan fingerprint density at radius 2 is 1.30 bits per heavy atom. The van der Waals surface area contributed by atoms with Crippen molar-refractivity contribution in [2.75, 3.05) is 0 Å². The maximum atomic E-state index is 12.1. The Morgan fingerprint density at radius 1 is 0.870 bits per heavy atom. The van der Waals surface area contributed by atoms with Gasteiger partial charge in [0.25, 0.3) is 0 Å². The zero-order chi connectivity index (χ0) is 18.4. The van der Waals surface area contributed by atoms with E-state index < -0.39 is 54.3 Å². The largest absolute Gasteiger partial charge is 0.463 e. The van der Waals surface area contributed by atoms with Gasteiger partial charge in [0.2, 0.25) is 5.60 Å². The van der Waals surface area contributed by atoms with Crippen molar-refractivity contribution >= 4 is 17.9 Å². The second kappa shape index (κ2) is 8.83. The number of ether oxygens (including phenoxy) is 3. The molecule has 0 saturated heterocycles. The molecule has 0 aliphatic carbocycles. The Morgan fingerprint density at radius 3 is 1.70 bits per heavy atom. The molecule has 0 unspecified atom stereocenters. The highest BCUT2D eigenvalue weighted by Crippen LogP contribution is 2.22. The molecule has 0 aromatic rings. The lowest BCUT2D eigenvalue weighted by Gasteiger charge is -2.30. The summed E-state index contributed by atoms with van der Waals surface area (Å²) in [5.74, 6) is -3.50. The molecule has 0 saturated carbocycles. The summed E-state index contributed by atoms with van der Waals surface area (Å²) in [6, 6.07) is 0. The molecule has 0 rings (SSSR count). The summed E-state index contributed by atoms with van der Waals surface area (Å²) in [5, 5.41) is 20.5. The Labute approximate surface area is 135 Å². The van der Waals surface area contributed by atoms with Gasteiger partial charge in [0, 0.05) is 0 Å². The smallest absolute Gasteiger partial charge is 0.342 e. The molecular formula is C15H26O8. The van der Waals surface area contributed by atoms with Crippen LogP contribution in [-0.4, -0.2) is 58.1 Å². The third-order valence-corrected chi connectivity index (χ3v) is 2.50. The van der Waals surface area contributed by atoms with Gasteiger partial charge in [-0.1, -0.05) is 0 Å². The van der Waals surface area contributed by atoms with E-state index in [1.165, 1.54) is 27.7 Å². The van der Waals surface area contributed by atoms with E-state index in [4.69, 9.17) is 14.2 Å². The van der Waals surface area contributed by atoms with Crippen LogP contribution < -0.4 is 0 Å². The fraction of sp³-hybridized carbons (Fsp3) is 0.800. The van der Waals surface area contributed by atoms with Gasteiger partial charge in [-0.05, 0) is 41.5 Å². The van der Waals surface area contributed by atoms with Crippen molar-refractivity contribution in [3.05, 3.63) is 0 Å². The van der Waals surface area contributed by atoms with Crippen LogP contribution in [0, 0.1) is 0 Å². The SMILES string of the molecule is CC(C)OC(=O)C[C@](O)(C(=O)OC(C)C)[C@@H](O)C(=O)OC(C)C. The van der Waals surface area contributed by atoms with Crippen LogP contribution in [0.2, 0.25) is 0 Å². The summed E-state index contributed by atoms with van der Waals surface area (Å²) in [6.45, 7) is 9.25. The second-order valence-corrected chi connectivity index (χ2v) is 5.98. The highest BCUT2D eigenvalue weighted by Gasteiger charge is 2.52. The Kier molecular flexibility index (Phi) is 8.19. The van der Waals surface area contributed by atoms with Gasteiger partial charge < -0.3 is 24.4 Å². The molecule has 0 bridgehead atoms. The minimum atomic E-state index is -2.79. The minimum absolute atomic E-state index is 0.493. The highest BCUT2D eigenvalue weighted by molar-refractivity contribution is 5.92. The van der Waals surface area contributed by atoms with Crippen molar-refractivity contribution in [1.82, 2.24) is 0 Å². The van der Waals surface area contributed by atoms with Crippen LogP contribution in [0.15, 0.2) is 0 Å². The predicted octanol–water partition coefficient (Wildman–Crippen LogP) is 0.323. The van der Waals surface area contributed by atoms with E-state index in [0.717, 1.165) is 0 Å². The quantitative estimate of drug-likeness (QED) is 0.481. The number of rotatable bonds is 8. The molecule has 134 valence electrons. The average Bonchev–Trinajstić information content (AvgIpc) is 2.34. The number of esters is 3. The van der Waals surface area contributed by atoms with Crippen molar-refractivity contribution in [3.63, 3.8) is 0 Å². The van der Waals surface area contributed by atoms with Gasteiger partial charge in [-0.25, -0.2) is 9.59 Å². The van der Waals surface area contributed by atoms with Gasteiger partial charge in [0.15, 0.2) is 6.10 Å². The lowest BCUT2D eigenvalue weighted by molar-refractivity contribution is -0.199. The highest BCUT2D eigenvalue weighted by atomic mass is 16.6. The average molecular weight is 334 g/mol.